The van der Waals surface area contributed by atoms with Gasteiger partial charge in [-0.3, -0.25) is 0 Å². The van der Waals surface area contributed by atoms with Gasteiger partial charge in [0.25, 0.3) is 0 Å². The van der Waals surface area contributed by atoms with Crippen LogP contribution in [0.15, 0.2) is 10.3 Å². The lowest BCUT2D eigenvalue weighted by atomic mass is 10.3. The van der Waals surface area contributed by atoms with Crippen molar-refractivity contribution in [2.45, 2.75) is 6.92 Å². The lowest BCUT2D eigenvalue weighted by Crippen LogP contribution is -1.95. The molecular weight excluding hydrogens is 253 g/mol. The molecule has 0 atom stereocenters. The molecule has 0 saturated carbocycles. The summed E-state index contributed by atoms with van der Waals surface area (Å²) in [4.78, 5) is 0. The minimum atomic E-state index is 0.831. The molecule has 4 heteroatoms. The van der Waals surface area contributed by atoms with Gasteiger partial charge in [0, 0.05) is 12.4 Å². The number of hydrogen-bond acceptors (Lipinski definition) is 2. The number of nitrogens with one attached hydrogen (secondary N) is 1. The van der Waals surface area contributed by atoms with Crippen LogP contribution in [-0.4, -0.2) is 16.0 Å². The van der Waals surface area contributed by atoms with Crippen molar-refractivity contribution in [1.82, 2.24) is 9.78 Å². The van der Waals surface area contributed by atoms with E-state index in [4.69, 9.17) is 5.41 Å². The molecule has 1 heterocycles. The molecule has 0 aliphatic rings. The maximum absolute atomic E-state index is 7.10. The van der Waals surface area contributed by atoms with Crippen molar-refractivity contribution >= 4 is 35.0 Å². The van der Waals surface area contributed by atoms with Gasteiger partial charge in [-0.05, 0) is 16.6 Å². The first-order valence-corrected chi connectivity index (χ1v) is 4.35. The predicted octanol–water partition coefficient (Wildman–Crippen LogP) is 2.05. The summed E-state index contributed by atoms with van der Waals surface area (Å²) in [5.41, 5.74) is 1.85. The topological polar surface area (TPSA) is 41.7 Å². The monoisotopic (exact) mass is 261 g/mol. The van der Waals surface area contributed by atoms with E-state index in [0.29, 0.717) is 0 Å². The van der Waals surface area contributed by atoms with Gasteiger partial charge in [0.05, 0.1) is 11.9 Å². The molecule has 3 nitrogen and oxygen atoms in total. The van der Waals surface area contributed by atoms with Crippen molar-refractivity contribution in [3.05, 3.63) is 21.5 Å². The number of rotatable bonds is 2. The molecule has 1 rings (SSSR count). The molecular formula is C7H8IN3. The second kappa shape index (κ2) is 3.66. The molecule has 1 N–H and O–H groups in total. The summed E-state index contributed by atoms with van der Waals surface area (Å²) in [6.45, 7) is 1.94. The van der Waals surface area contributed by atoms with Gasteiger partial charge in [0.2, 0.25) is 0 Å². The first-order chi connectivity index (χ1) is 5.29. The Morgan fingerprint density at radius 2 is 2.45 bits per heavy atom. The first-order valence-electron chi connectivity index (χ1n) is 3.11. The number of nitrogens with zero attached hydrogens (tertiary/aromatic N) is 2. The minimum Gasteiger partial charge on any atom is -0.306 e. The van der Waals surface area contributed by atoms with Crippen LogP contribution in [0.3, 0.4) is 0 Å². The summed E-state index contributed by atoms with van der Waals surface area (Å²) in [6, 6.07) is 0. The largest absolute Gasteiger partial charge is 0.306 e. The number of halogens is 1. The maximum atomic E-state index is 7.10. The van der Waals surface area contributed by atoms with Crippen molar-refractivity contribution in [2.24, 2.45) is 0 Å². The Morgan fingerprint density at radius 1 is 1.73 bits per heavy atom. The van der Waals surface area contributed by atoms with Crippen LogP contribution < -0.4 is 0 Å². The molecule has 0 aliphatic heterocycles. The van der Waals surface area contributed by atoms with Crippen LogP contribution in [0.1, 0.15) is 11.3 Å². The van der Waals surface area contributed by atoms with E-state index in [9.17, 15) is 0 Å². The van der Waals surface area contributed by atoms with Crippen LogP contribution in [0.4, 0.5) is 0 Å². The highest BCUT2D eigenvalue weighted by Crippen LogP contribution is 2.04. The number of aromatic nitrogens is 2. The zero-order valence-electron chi connectivity index (χ0n) is 6.08. The fraction of sp³-hybridized carbons (Fsp3) is 0.143. The highest BCUT2D eigenvalue weighted by molar-refractivity contribution is 14.1. The number of aryl methyl sites for hydroxylation is 1. The first kappa shape index (κ1) is 8.45. The zero-order chi connectivity index (χ0) is 8.27. The highest BCUT2D eigenvalue weighted by Gasteiger charge is 1.99. The lowest BCUT2D eigenvalue weighted by molar-refractivity contribution is 0.928. The van der Waals surface area contributed by atoms with E-state index >= 15 is 0 Å². The van der Waals surface area contributed by atoms with Crippen molar-refractivity contribution in [3.63, 3.8) is 0 Å². The zero-order valence-corrected chi connectivity index (χ0v) is 8.24. The maximum Gasteiger partial charge on any atom is 0.0866 e. The van der Waals surface area contributed by atoms with Crippen LogP contribution in [0.5, 0.6) is 0 Å². The van der Waals surface area contributed by atoms with Gasteiger partial charge in [-0.15, -0.1) is 0 Å². The third-order valence-corrected chi connectivity index (χ3v) is 1.68. The third-order valence-electron chi connectivity index (χ3n) is 1.36. The summed E-state index contributed by atoms with van der Waals surface area (Å²) in [6.07, 6.45) is 4.86. The van der Waals surface area contributed by atoms with Gasteiger partial charge >= 0.3 is 0 Å². The highest BCUT2D eigenvalue weighted by atomic mass is 127. The van der Waals surface area contributed by atoms with Gasteiger partial charge < -0.3 is 5.41 Å². The van der Waals surface area contributed by atoms with Crippen LogP contribution in [0.2, 0.25) is 0 Å². The van der Waals surface area contributed by atoms with Crippen molar-refractivity contribution < 1.29 is 0 Å². The molecule has 0 amide bonds. The smallest absolute Gasteiger partial charge is 0.0866 e. The molecule has 0 aromatic carbocycles. The molecule has 0 spiro atoms. The average molecular weight is 261 g/mol. The standard InChI is InChI=1S/C7H8IN3/c1-6-5-10-11(3-2-8)7(6)4-9/h2-5,9H,1H3/b3-2-,9-4?. The molecule has 1 aromatic rings. The van der Waals surface area contributed by atoms with Gasteiger partial charge in [-0.1, -0.05) is 22.6 Å². The molecule has 0 bridgehead atoms. The SMILES string of the molecule is Cc1cnn(/C=C\I)c1C=N. The Morgan fingerprint density at radius 3 is 3.00 bits per heavy atom. The second-order valence-electron chi connectivity index (χ2n) is 2.08. The average Bonchev–Trinajstić information content (AvgIpc) is 2.33. The molecule has 11 heavy (non-hydrogen) atoms. The molecule has 0 unspecified atom stereocenters. The van der Waals surface area contributed by atoms with Crippen LogP contribution >= 0.6 is 22.6 Å². The summed E-state index contributed by atoms with van der Waals surface area (Å²) in [5, 5.41) is 11.1. The quantitative estimate of drug-likeness (QED) is 0.642. The van der Waals surface area contributed by atoms with Gasteiger partial charge in [0.1, 0.15) is 0 Å². The minimum absolute atomic E-state index is 0.831. The van der Waals surface area contributed by atoms with Crippen molar-refractivity contribution in [2.75, 3.05) is 0 Å². The molecule has 0 radical (unpaired) electrons. The molecule has 0 fully saturated rings. The third kappa shape index (κ3) is 1.68. The Bertz CT molecular complexity index is 288. The second-order valence-corrected chi connectivity index (χ2v) is 2.80. The Hall–Kier alpha value is -0.650. The van der Waals surface area contributed by atoms with E-state index in [1.165, 1.54) is 6.21 Å². The van der Waals surface area contributed by atoms with Crippen molar-refractivity contribution in [3.8, 4) is 0 Å². The van der Waals surface area contributed by atoms with Gasteiger partial charge in [-0.2, -0.15) is 5.10 Å². The lowest BCUT2D eigenvalue weighted by Gasteiger charge is -1.94. The van der Waals surface area contributed by atoms with E-state index < -0.39 is 0 Å². The molecule has 58 valence electrons. The van der Waals surface area contributed by atoms with Crippen LogP contribution in [0, 0.1) is 12.3 Å². The van der Waals surface area contributed by atoms with Crippen molar-refractivity contribution in [1.29, 1.82) is 5.41 Å². The fourth-order valence-electron chi connectivity index (χ4n) is 0.810. The van der Waals surface area contributed by atoms with E-state index in [2.05, 4.69) is 27.7 Å². The Kier molecular flexibility index (Phi) is 2.81. The Labute approximate surface area is 78.8 Å². The van der Waals surface area contributed by atoms with Gasteiger partial charge in [0.15, 0.2) is 0 Å². The summed E-state index contributed by atoms with van der Waals surface area (Å²) in [7, 11) is 0. The summed E-state index contributed by atoms with van der Waals surface area (Å²) < 4.78 is 3.53. The summed E-state index contributed by atoms with van der Waals surface area (Å²) >= 11 is 2.12. The molecule has 1 aromatic heterocycles. The van der Waals surface area contributed by atoms with E-state index in [1.54, 1.807) is 10.9 Å². The van der Waals surface area contributed by atoms with E-state index in [0.717, 1.165) is 11.3 Å². The van der Waals surface area contributed by atoms with Crippen LogP contribution in [0.25, 0.3) is 6.20 Å². The predicted molar refractivity (Wildman–Crippen MR) is 54.2 cm³/mol. The molecule has 0 saturated heterocycles. The fourth-order valence-corrected chi connectivity index (χ4v) is 1.11. The number of hydrogen-bond donors (Lipinski definition) is 1. The van der Waals surface area contributed by atoms with Crippen LogP contribution in [-0.2, 0) is 0 Å². The molecule has 0 aliphatic carbocycles. The van der Waals surface area contributed by atoms with E-state index in [1.807, 2.05) is 17.2 Å². The van der Waals surface area contributed by atoms with Gasteiger partial charge in [-0.25, -0.2) is 4.68 Å². The van der Waals surface area contributed by atoms with E-state index in [-0.39, 0.29) is 0 Å². The summed E-state index contributed by atoms with van der Waals surface area (Å²) in [5.74, 6) is 0. The Balaban J connectivity index is 3.15. The normalized spacial score (nSPS) is 10.7.